The number of Topliss-reactive ketones (excluding diaryl/α,β-unsaturated/α-hetero) is 1. The van der Waals surface area contributed by atoms with Crippen molar-refractivity contribution in [2.24, 2.45) is 0 Å². The standard InChI is InChI=1S/C28H47N5O6/c1-5-9-13-35-17-20-23(36-14-10-6-2)25(38-16-12-8-4)24(37-15-11-7-3)22(34)28(39-20)33-19-32-21-26(29)30-18-31-27(21)33/h18-20,23-25,28H,5-17H2,1-4H3,(H2,29,30,31)/t20-,23-,24+,25+,28-/m1/s1. The molecule has 2 aromatic heterocycles. The molecule has 0 aliphatic carbocycles. The molecule has 1 aliphatic rings. The Morgan fingerprint density at radius 2 is 1.46 bits per heavy atom. The second-order valence-corrected chi connectivity index (χ2v) is 9.96. The summed E-state index contributed by atoms with van der Waals surface area (Å²) >= 11 is 0. The molecule has 2 N–H and O–H groups in total. The number of hydrogen-bond donors (Lipinski definition) is 1. The molecule has 1 aliphatic heterocycles. The van der Waals surface area contributed by atoms with Crippen LogP contribution in [0.15, 0.2) is 12.7 Å². The topological polar surface area (TPSA) is 133 Å². The zero-order valence-electron chi connectivity index (χ0n) is 24.0. The number of fused-ring (bicyclic) bond motifs is 1. The number of ether oxygens (including phenoxy) is 5. The molecule has 0 bridgehead atoms. The number of rotatable bonds is 18. The van der Waals surface area contributed by atoms with Crippen LogP contribution in [0.5, 0.6) is 0 Å². The Morgan fingerprint density at radius 3 is 2.13 bits per heavy atom. The maximum atomic E-state index is 14.3. The van der Waals surface area contributed by atoms with Gasteiger partial charge >= 0.3 is 0 Å². The molecule has 5 atom stereocenters. The van der Waals surface area contributed by atoms with Crippen molar-refractivity contribution in [3.05, 3.63) is 12.7 Å². The first kappa shape index (κ1) is 31.3. The van der Waals surface area contributed by atoms with E-state index in [4.69, 9.17) is 29.4 Å². The van der Waals surface area contributed by atoms with Gasteiger partial charge in [-0.15, -0.1) is 0 Å². The van der Waals surface area contributed by atoms with Crippen molar-refractivity contribution < 1.29 is 28.5 Å². The maximum absolute atomic E-state index is 14.3. The van der Waals surface area contributed by atoms with Gasteiger partial charge in [-0.25, -0.2) is 15.0 Å². The van der Waals surface area contributed by atoms with Gasteiger partial charge in [0, 0.05) is 26.4 Å². The molecule has 1 fully saturated rings. The molecule has 0 radical (unpaired) electrons. The van der Waals surface area contributed by atoms with E-state index in [1.54, 1.807) is 4.57 Å². The summed E-state index contributed by atoms with van der Waals surface area (Å²) in [5, 5.41) is 0. The summed E-state index contributed by atoms with van der Waals surface area (Å²) in [7, 11) is 0. The highest BCUT2D eigenvalue weighted by Crippen LogP contribution is 2.32. The third-order valence-electron chi connectivity index (χ3n) is 6.79. The minimum atomic E-state index is -1.08. The Morgan fingerprint density at radius 1 is 0.846 bits per heavy atom. The molecule has 1 saturated heterocycles. The van der Waals surface area contributed by atoms with Crippen molar-refractivity contribution in [1.29, 1.82) is 0 Å². The van der Waals surface area contributed by atoms with Gasteiger partial charge in [-0.3, -0.25) is 9.36 Å². The average molecular weight is 550 g/mol. The highest BCUT2D eigenvalue weighted by atomic mass is 16.6. The van der Waals surface area contributed by atoms with Gasteiger partial charge < -0.3 is 29.4 Å². The van der Waals surface area contributed by atoms with Crippen molar-refractivity contribution in [1.82, 2.24) is 19.5 Å². The fourth-order valence-electron chi connectivity index (χ4n) is 4.46. The van der Waals surface area contributed by atoms with Crippen LogP contribution in [-0.4, -0.2) is 82.8 Å². The smallest absolute Gasteiger partial charge is 0.213 e. The molecule has 3 rings (SSSR count). The van der Waals surface area contributed by atoms with Gasteiger partial charge in [0.1, 0.15) is 36.3 Å². The van der Waals surface area contributed by atoms with Crippen molar-refractivity contribution in [2.75, 3.05) is 38.8 Å². The van der Waals surface area contributed by atoms with E-state index in [-0.39, 0.29) is 18.2 Å². The number of hydrogen-bond acceptors (Lipinski definition) is 10. The van der Waals surface area contributed by atoms with Crippen molar-refractivity contribution >= 4 is 22.8 Å². The molecule has 3 heterocycles. The van der Waals surface area contributed by atoms with Crippen LogP contribution in [0.4, 0.5) is 5.82 Å². The summed E-state index contributed by atoms with van der Waals surface area (Å²) in [6.07, 6.45) is 6.47. The molecule has 0 spiro atoms. The lowest BCUT2D eigenvalue weighted by Gasteiger charge is -2.33. The summed E-state index contributed by atoms with van der Waals surface area (Å²) in [6, 6.07) is 0. The number of aromatic nitrogens is 4. The zero-order chi connectivity index (χ0) is 28.0. The van der Waals surface area contributed by atoms with Crippen molar-refractivity contribution in [3.63, 3.8) is 0 Å². The van der Waals surface area contributed by atoms with Crippen LogP contribution in [0.1, 0.15) is 85.3 Å². The lowest BCUT2D eigenvalue weighted by molar-refractivity contribution is -0.176. The van der Waals surface area contributed by atoms with Gasteiger partial charge in [0.05, 0.1) is 12.9 Å². The van der Waals surface area contributed by atoms with Crippen LogP contribution in [0.2, 0.25) is 0 Å². The first-order valence-corrected chi connectivity index (χ1v) is 14.6. The number of carbonyl (C=O) groups excluding carboxylic acids is 1. The van der Waals surface area contributed by atoms with Crippen molar-refractivity contribution in [3.8, 4) is 0 Å². The molecule has 0 aromatic carbocycles. The number of nitrogens with zero attached hydrogens (tertiary/aromatic N) is 4. The Kier molecular flexibility index (Phi) is 13.5. The Balaban J connectivity index is 2.05. The molecule has 2 aromatic rings. The molecule has 11 nitrogen and oxygen atoms in total. The van der Waals surface area contributed by atoms with Crippen LogP contribution >= 0.6 is 0 Å². The number of nitrogens with two attached hydrogens (primary N) is 1. The van der Waals surface area contributed by atoms with E-state index in [2.05, 4.69) is 42.6 Å². The number of nitrogen functional groups attached to an aromatic ring is 1. The third kappa shape index (κ3) is 8.40. The largest absolute Gasteiger partial charge is 0.382 e. The second-order valence-electron chi connectivity index (χ2n) is 9.96. The molecule has 0 unspecified atom stereocenters. The lowest BCUT2D eigenvalue weighted by atomic mass is 10.0. The van der Waals surface area contributed by atoms with Gasteiger partial charge in [0.15, 0.2) is 17.7 Å². The fourth-order valence-corrected chi connectivity index (χ4v) is 4.46. The summed E-state index contributed by atoms with van der Waals surface area (Å²) in [6.45, 7) is 10.7. The van der Waals surface area contributed by atoms with E-state index in [0.29, 0.717) is 37.6 Å². The van der Waals surface area contributed by atoms with Crippen LogP contribution in [0.3, 0.4) is 0 Å². The number of unbranched alkanes of at least 4 members (excludes halogenated alkanes) is 4. The fraction of sp³-hybridized carbons (Fsp3) is 0.786. The average Bonchev–Trinajstić information content (AvgIpc) is 3.33. The van der Waals surface area contributed by atoms with Crippen molar-refractivity contribution in [2.45, 2.75) is 110 Å². The van der Waals surface area contributed by atoms with E-state index >= 15 is 0 Å². The Hall–Kier alpha value is -2.18. The SMILES string of the molecule is CCCCOC[C@H]1O[C@@H](n2cnc3c(N)ncnc32)C(=O)[C@H](OCCCC)[C@@H](OCCCC)[C@@H]1OCCCC. The predicted octanol–water partition coefficient (Wildman–Crippen LogP) is 4.25. The number of carbonyl (C=O) groups is 1. The van der Waals surface area contributed by atoms with Crippen LogP contribution in [0.25, 0.3) is 11.2 Å². The zero-order valence-corrected chi connectivity index (χ0v) is 24.0. The summed E-state index contributed by atoms with van der Waals surface area (Å²) in [5.41, 5.74) is 6.85. The predicted molar refractivity (Wildman–Crippen MR) is 148 cm³/mol. The minimum Gasteiger partial charge on any atom is -0.382 e. The monoisotopic (exact) mass is 549 g/mol. The van der Waals surface area contributed by atoms with E-state index in [1.165, 1.54) is 12.7 Å². The molecular formula is C28H47N5O6. The van der Waals surface area contributed by atoms with Crippen LogP contribution in [-0.2, 0) is 28.5 Å². The highest BCUT2D eigenvalue weighted by Gasteiger charge is 2.49. The minimum absolute atomic E-state index is 0.233. The summed E-state index contributed by atoms with van der Waals surface area (Å²) in [5.74, 6) is -0.0409. The van der Waals surface area contributed by atoms with E-state index in [0.717, 1.165) is 51.4 Å². The molecule has 39 heavy (non-hydrogen) atoms. The summed E-state index contributed by atoms with van der Waals surface area (Å²) < 4.78 is 33.4. The van der Waals surface area contributed by atoms with Crippen LogP contribution in [0, 0.1) is 0 Å². The van der Waals surface area contributed by atoms with E-state index in [1.807, 2.05) is 0 Å². The molecule has 11 heteroatoms. The Labute approximate surface area is 232 Å². The van der Waals surface area contributed by atoms with Gasteiger partial charge in [-0.1, -0.05) is 53.4 Å². The van der Waals surface area contributed by atoms with Gasteiger partial charge in [-0.2, -0.15) is 0 Å². The van der Waals surface area contributed by atoms with E-state index in [9.17, 15) is 4.79 Å². The molecule has 220 valence electrons. The van der Waals surface area contributed by atoms with E-state index < -0.39 is 30.6 Å². The van der Waals surface area contributed by atoms with Gasteiger partial charge in [0.25, 0.3) is 0 Å². The number of imidazole rings is 1. The highest BCUT2D eigenvalue weighted by molar-refractivity contribution is 5.89. The molecule has 0 amide bonds. The quantitative estimate of drug-likeness (QED) is 0.269. The molecular weight excluding hydrogens is 502 g/mol. The Bertz CT molecular complexity index is 989. The third-order valence-corrected chi connectivity index (χ3v) is 6.79. The maximum Gasteiger partial charge on any atom is 0.213 e. The first-order valence-electron chi connectivity index (χ1n) is 14.6. The number of ketones is 1. The number of anilines is 1. The normalized spacial score (nSPS) is 23.9. The van der Waals surface area contributed by atoms with Gasteiger partial charge in [-0.05, 0) is 25.7 Å². The lowest BCUT2D eigenvalue weighted by Crippen LogP contribution is -2.50. The molecule has 0 saturated carbocycles. The second kappa shape index (κ2) is 16.8. The first-order chi connectivity index (χ1) is 19.1. The summed E-state index contributed by atoms with van der Waals surface area (Å²) in [4.78, 5) is 27.0. The van der Waals surface area contributed by atoms with Gasteiger partial charge in [0.2, 0.25) is 5.78 Å². The van der Waals surface area contributed by atoms with Crippen LogP contribution < -0.4 is 5.73 Å².